The minimum absolute atomic E-state index is 0.0559. The maximum atomic E-state index is 12.9. The number of carbonyl (C=O) groups excluding carboxylic acids is 2. The number of hydrogen-bond acceptors (Lipinski definition) is 8. The van der Waals surface area contributed by atoms with Gasteiger partial charge in [-0.2, -0.15) is 0 Å². The molecule has 0 aliphatic rings. The highest BCUT2D eigenvalue weighted by Gasteiger charge is 2.24. The zero-order valence-electron chi connectivity index (χ0n) is 21.7. The standard InChI is InChI=1S/C26H26N4O6.N2/c1-13-7-19(23(29(33)34)11-15(13)3)25(31)27-21-9-18(6)22(10-17(21)5)28-26(32)20-8-14(2)16(4)12-24(20)30(35)36;1-2/h7-12H,1-6H3,(H,27,31)(H,28,32);. The van der Waals surface area contributed by atoms with Gasteiger partial charge in [0, 0.05) is 34.3 Å². The van der Waals surface area contributed by atoms with E-state index < -0.39 is 21.7 Å². The van der Waals surface area contributed by atoms with Gasteiger partial charge in [0.2, 0.25) is 0 Å². The monoisotopic (exact) mass is 518 g/mol. The van der Waals surface area contributed by atoms with Crippen LogP contribution in [0.5, 0.6) is 0 Å². The molecule has 12 nitrogen and oxygen atoms in total. The second-order valence-corrected chi connectivity index (χ2v) is 8.81. The smallest absolute Gasteiger partial charge is 0.282 e. The van der Waals surface area contributed by atoms with E-state index in [0.717, 1.165) is 11.1 Å². The summed E-state index contributed by atoms with van der Waals surface area (Å²) in [4.78, 5) is 47.6. The Kier molecular flexibility index (Phi) is 8.95. The molecule has 3 rings (SSSR count). The molecule has 0 saturated carbocycles. The molecule has 0 atom stereocenters. The predicted molar refractivity (Wildman–Crippen MR) is 140 cm³/mol. The Balaban J connectivity index is 0.00000247. The molecule has 196 valence electrons. The van der Waals surface area contributed by atoms with E-state index >= 15 is 0 Å². The normalized spacial score (nSPS) is 10.1. The molecule has 0 aliphatic heterocycles. The van der Waals surface area contributed by atoms with Gasteiger partial charge in [0.1, 0.15) is 11.1 Å². The fourth-order valence-corrected chi connectivity index (χ4v) is 3.73. The summed E-state index contributed by atoms with van der Waals surface area (Å²) < 4.78 is 0. The Labute approximate surface area is 218 Å². The van der Waals surface area contributed by atoms with Crippen LogP contribution in [0.25, 0.3) is 0 Å². The second-order valence-electron chi connectivity index (χ2n) is 8.81. The van der Waals surface area contributed by atoms with Gasteiger partial charge in [-0.05, 0) is 99.2 Å². The SMILES string of the molecule is Cc1cc(C(=O)Nc2cc(C)c(NC(=O)c3cc(C)c(C)cc3[N+](=O)[O-])cc2C)c([N+](=O)[O-])cc1C.N#N. The first kappa shape index (κ1) is 29.1. The van der Waals surface area contributed by atoms with Crippen LogP contribution in [-0.2, 0) is 0 Å². The number of rotatable bonds is 6. The van der Waals surface area contributed by atoms with E-state index in [1.807, 2.05) is 0 Å². The third kappa shape index (κ3) is 6.14. The Bertz CT molecular complexity index is 1390. The van der Waals surface area contributed by atoms with Crippen molar-refractivity contribution >= 4 is 34.6 Å². The van der Waals surface area contributed by atoms with Crippen LogP contribution in [0.3, 0.4) is 0 Å². The first-order valence-corrected chi connectivity index (χ1v) is 11.2. The number of nitrogens with one attached hydrogen (secondary N) is 2. The van der Waals surface area contributed by atoms with Crippen molar-refractivity contribution in [2.45, 2.75) is 41.5 Å². The number of anilines is 2. The van der Waals surface area contributed by atoms with Crippen LogP contribution in [0.15, 0.2) is 36.4 Å². The summed E-state index contributed by atoms with van der Waals surface area (Å²) in [6.07, 6.45) is 0. The number of nitro groups is 2. The molecule has 2 N–H and O–H groups in total. The molecule has 0 heterocycles. The molecule has 0 aliphatic carbocycles. The van der Waals surface area contributed by atoms with E-state index in [-0.39, 0.29) is 22.5 Å². The summed E-state index contributed by atoms with van der Waals surface area (Å²) in [6.45, 7) is 10.4. The van der Waals surface area contributed by atoms with Crippen molar-refractivity contribution in [3.63, 3.8) is 0 Å². The minimum atomic E-state index is -0.630. The summed E-state index contributed by atoms with van der Waals surface area (Å²) >= 11 is 0. The van der Waals surface area contributed by atoms with E-state index in [4.69, 9.17) is 10.8 Å². The number of amides is 2. The van der Waals surface area contributed by atoms with Gasteiger partial charge in [-0.3, -0.25) is 29.8 Å². The fraction of sp³-hybridized carbons (Fsp3) is 0.231. The predicted octanol–water partition coefficient (Wildman–Crippen LogP) is 5.89. The largest absolute Gasteiger partial charge is 0.322 e. The van der Waals surface area contributed by atoms with Gasteiger partial charge >= 0.3 is 0 Å². The van der Waals surface area contributed by atoms with Crippen LogP contribution >= 0.6 is 0 Å². The van der Waals surface area contributed by atoms with Crippen molar-refractivity contribution in [1.82, 2.24) is 0 Å². The van der Waals surface area contributed by atoms with E-state index in [1.54, 1.807) is 53.7 Å². The van der Waals surface area contributed by atoms with Gasteiger partial charge in [0.25, 0.3) is 23.2 Å². The van der Waals surface area contributed by atoms with Crippen molar-refractivity contribution < 1.29 is 19.4 Å². The number of carbonyl (C=O) groups is 2. The van der Waals surface area contributed by atoms with Crippen molar-refractivity contribution in [1.29, 1.82) is 10.8 Å². The number of benzene rings is 3. The van der Waals surface area contributed by atoms with Crippen molar-refractivity contribution in [3.05, 3.63) is 101 Å². The van der Waals surface area contributed by atoms with Gasteiger partial charge in [-0.1, -0.05) is 0 Å². The van der Waals surface area contributed by atoms with E-state index in [1.165, 1.54) is 24.3 Å². The van der Waals surface area contributed by atoms with E-state index in [0.29, 0.717) is 33.6 Å². The lowest BCUT2D eigenvalue weighted by Gasteiger charge is -2.15. The van der Waals surface area contributed by atoms with Crippen LogP contribution in [0.1, 0.15) is 54.1 Å². The van der Waals surface area contributed by atoms with Gasteiger partial charge in [0.05, 0.1) is 9.85 Å². The molecule has 0 fully saturated rings. The number of nitrogens with zero attached hydrogens (tertiary/aromatic N) is 4. The number of hydrogen-bond donors (Lipinski definition) is 2. The van der Waals surface area contributed by atoms with Crippen molar-refractivity contribution in [2.24, 2.45) is 0 Å². The first-order chi connectivity index (χ1) is 17.8. The quantitative estimate of drug-likeness (QED) is 0.229. The topological polar surface area (TPSA) is 192 Å². The Morgan fingerprint density at radius 3 is 1.16 bits per heavy atom. The van der Waals surface area contributed by atoms with Crippen LogP contribution in [0.2, 0.25) is 0 Å². The molecule has 12 heteroatoms. The fourth-order valence-electron chi connectivity index (χ4n) is 3.73. The van der Waals surface area contributed by atoms with Crippen LogP contribution < -0.4 is 10.6 Å². The number of nitro benzene ring substituents is 2. The molecule has 0 saturated heterocycles. The Morgan fingerprint density at radius 2 is 0.868 bits per heavy atom. The molecule has 3 aromatic carbocycles. The molecule has 2 amide bonds. The molecule has 0 spiro atoms. The van der Waals surface area contributed by atoms with Crippen molar-refractivity contribution in [3.8, 4) is 0 Å². The molecular weight excluding hydrogens is 492 g/mol. The van der Waals surface area contributed by atoms with Crippen molar-refractivity contribution in [2.75, 3.05) is 10.6 Å². The molecule has 0 aromatic heterocycles. The van der Waals surface area contributed by atoms with Gasteiger partial charge in [0.15, 0.2) is 0 Å². The van der Waals surface area contributed by atoms with Gasteiger partial charge < -0.3 is 10.6 Å². The summed E-state index contributed by atoms with van der Waals surface area (Å²) in [5, 5.41) is 40.4. The highest BCUT2D eigenvalue weighted by atomic mass is 16.6. The highest BCUT2D eigenvalue weighted by Crippen LogP contribution is 2.29. The Morgan fingerprint density at radius 1 is 0.579 bits per heavy atom. The van der Waals surface area contributed by atoms with Crippen LogP contribution in [-0.4, -0.2) is 21.7 Å². The maximum Gasteiger partial charge on any atom is 0.282 e. The first-order valence-electron chi connectivity index (χ1n) is 11.2. The summed E-state index contributed by atoms with van der Waals surface area (Å²) in [7, 11) is 0. The molecule has 0 radical (unpaired) electrons. The summed E-state index contributed by atoms with van der Waals surface area (Å²) in [6, 6.07) is 8.96. The van der Waals surface area contributed by atoms with Gasteiger partial charge in [-0.15, -0.1) is 0 Å². The molecule has 0 bridgehead atoms. The lowest BCUT2D eigenvalue weighted by molar-refractivity contribution is -0.385. The zero-order chi connectivity index (χ0) is 28.9. The minimum Gasteiger partial charge on any atom is -0.322 e. The molecule has 38 heavy (non-hydrogen) atoms. The van der Waals surface area contributed by atoms with Crippen LogP contribution in [0, 0.1) is 72.6 Å². The van der Waals surface area contributed by atoms with E-state index in [2.05, 4.69) is 10.6 Å². The highest BCUT2D eigenvalue weighted by molar-refractivity contribution is 6.09. The van der Waals surface area contributed by atoms with Gasteiger partial charge in [-0.25, -0.2) is 0 Å². The summed E-state index contributed by atoms with van der Waals surface area (Å²) in [5.74, 6) is -1.26. The zero-order valence-corrected chi connectivity index (χ0v) is 21.7. The van der Waals surface area contributed by atoms with Crippen LogP contribution in [0.4, 0.5) is 22.7 Å². The molecule has 0 unspecified atom stereocenters. The third-order valence-corrected chi connectivity index (χ3v) is 6.17. The summed E-state index contributed by atoms with van der Waals surface area (Å²) in [5.41, 5.74) is 4.22. The molecular formula is C26H26N6O6. The number of aryl methyl sites for hydroxylation is 6. The second kappa shape index (κ2) is 11.7. The third-order valence-electron chi connectivity index (χ3n) is 6.17. The maximum absolute atomic E-state index is 12.9. The average molecular weight is 519 g/mol. The average Bonchev–Trinajstić information content (AvgIpc) is 2.85. The Hall–Kier alpha value is -5.18. The lowest BCUT2D eigenvalue weighted by atomic mass is 10.0. The van der Waals surface area contributed by atoms with E-state index in [9.17, 15) is 29.8 Å². The molecule has 3 aromatic rings. The lowest BCUT2D eigenvalue weighted by Crippen LogP contribution is -2.17.